The Morgan fingerprint density at radius 2 is 0.625 bits per heavy atom. The van der Waals surface area contributed by atoms with E-state index in [-0.39, 0.29) is 0 Å². The van der Waals surface area contributed by atoms with Crippen LogP contribution < -0.4 is 0 Å². The molecule has 0 bridgehead atoms. The first-order valence-electron chi connectivity index (χ1n) is 26.8. The van der Waals surface area contributed by atoms with Crippen molar-refractivity contribution in [2.24, 2.45) is 0 Å². The fourth-order valence-corrected chi connectivity index (χ4v) is 12.2. The lowest BCUT2D eigenvalue weighted by atomic mass is 9.92. The fourth-order valence-electron chi connectivity index (χ4n) is 11.1. The van der Waals surface area contributed by atoms with Crippen molar-refractivity contribution >= 4 is 53.7 Å². The van der Waals surface area contributed by atoms with Crippen LogP contribution >= 0.6 is 11.3 Å². The standard InChI is InChI=1S/C74H46N4OS/c1-4-17-47(18-5-1)50-33-37-52(38-34-50)71-75-69(67-63-29-10-12-31-65(63)79-73(67)77-71)59-28-16-26-57(43-59)55-24-14-23-54(41-55)56-25-15-27-58(42-56)61-44-60(49-21-8-3-9-22-49)45-62(46-61)70-68-64-30-11-13-32-66(64)80-74(68)78-72(76-70)53-39-35-51(36-40-53)48-19-6-2-7-20-48/h1-46H. The molecule has 0 saturated carbocycles. The van der Waals surface area contributed by atoms with Crippen molar-refractivity contribution in [3.63, 3.8) is 0 Å². The molecule has 4 heterocycles. The van der Waals surface area contributed by atoms with Crippen molar-refractivity contribution in [1.29, 1.82) is 0 Å². The van der Waals surface area contributed by atoms with Gasteiger partial charge in [0.2, 0.25) is 5.71 Å². The van der Waals surface area contributed by atoms with Gasteiger partial charge in [0.15, 0.2) is 11.6 Å². The molecule has 0 saturated heterocycles. The zero-order valence-corrected chi connectivity index (χ0v) is 44.0. The maximum atomic E-state index is 6.46. The Labute approximate surface area is 466 Å². The average molecular weight is 1040 g/mol. The number of fused-ring (bicyclic) bond motifs is 6. The molecule has 0 fully saturated rings. The second-order valence-corrected chi connectivity index (χ2v) is 21.2. The molecule has 80 heavy (non-hydrogen) atoms. The Bertz CT molecular complexity index is 4800. The number of benzene rings is 11. The van der Waals surface area contributed by atoms with Gasteiger partial charge in [-0.2, -0.15) is 4.98 Å². The molecule has 0 aliphatic rings. The fraction of sp³-hybridized carbons (Fsp3) is 0. The number of rotatable bonds is 10. The van der Waals surface area contributed by atoms with Crippen LogP contribution in [0.5, 0.6) is 0 Å². The molecule has 374 valence electrons. The van der Waals surface area contributed by atoms with Crippen LogP contribution in [0.25, 0.3) is 154 Å². The number of aromatic nitrogens is 4. The minimum absolute atomic E-state index is 0.562. The van der Waals surface area contributed by atoms with E-state index in [9.17, 15) is 0 Å². The van der Waals surface area contributed by atoms with Gasteiger partial charge >= 0.3 is 0 Å². The molecule has 11 aromatic carbocycles. The summed E-state index contributed by atoms with van der Waals surface area (Å²) in [4.78, 5) is 22.1. The van der Waals surface area contributed by atoms with Gasteiger partial charge in [-0.1, -0.05) is 231 Å². The van der Waals surface area contributed by atoms with Gasteiger partial charge in [0, 0.05) is 43.1 Å². The first-order chi connectivity index (χ1) is 39.6. The molecule has 0 radical (unpaired) electrons. The largest absolute Gasteiger partial charge is 0.438 e. The van der Waals surface area contributed by atoms with E-state index in [1.165, 1.54) is 10.3 Å². The van der Waals surface area contributed by atoms with Crippen LogP contribution in [-0.4, -0.2) is 19.9 Å². The normalized spacial score (nSPS) is 11.5. The molecule has 0 aliphatic carbocycles. The van der Waals surface area contributed by atoms with E-state index in [0.717, 1.165) is 127 Å². The summed E-state index contributed by atoms with van der Waals surface area (Å²) in [5.41, 5.74) is 20.5. The molecule has 0 atom stereocenters. The van der Waals surface area contributed by atoms with Gasteiger partial charge in [-0.3, -0.25) is 0 Å². The van der Waals surface area contributed by atoms with E-state index in [1.807, 2.05) is 30.3 Å². The zero-order chi connectivity index (χ0) is 52.9. The van der Waals surface area contributed by atoms with Crippen molar-refractivity contribution in [3.05, 3.63) is 279 Å². The van der Waals surface area contributed by atoms with Crippen LogP contribution in [0.4, 0.5) is 0 Å². The molecule has 0 aliphatic heterocycles. The van der Waals surface area contributed by atoms with Crippen molar-refractivity contribution in [2.75, 3.05) is 0 Å². The summed E-state index contributed by atoms with van der Waals surface area (Å²) in [7, 11) is 0. The first kappa shape index (κ1) is 46.9. The van der Waals surface area contributed by atoms with Gasteiger partial charge in [-0.05, 0) is 115 Å². The molecule has 15 aromatic rings. The number of hydrogen-bond acceptors (Lipinski definition) is 6. The molecule has 5 nitrogen and oxygen atoms in total. The van der Waals surface area contributed by atoms with Crippen LogP contribution in [0.2, 0.25) is 0 Å². The third-order valence-electron chi connectivity index (χ3n) is 15.2. The Balaban J connectivity index is 0.812. The van der Waals surface area contributed by atoms with Crippen LogP contribution in [0.15, 0.2) is 283 Å². The quantitative estimate of drug-likeness (QED) is 0.137. The highest BCUT2D eigenvalue weighted by atomic mass is 32.1. The van der Waals surface area contributed by atoms with Crippen molar-refractivity contribution in [2.45, 2.75) is 0 Å². The molecule has 0 amide bonds. The average Bonchev–Trinajstić information content (AvgIpc) is 4.13. The summed E-state index contributed by atoms with van der Waals surface area (Å²) in [6.45, 7) is 0. The van der Waals surface area contributed by atoms with Gasteiger partial charge in [0.1, 0.15) is 10.4 Å². The Kier molecular flexibility index (Phi) is 11.6. The van der Waals surface area contributed by atoms with Crippen molar-refractivity contribution < 1.29 is 4.42 Å². The number of nitrogens with zero attached hydrogens (tertiary/aromatic N) is 4. The summed E-state index contributed by atoms with van der Waals surface area (Å²) in [6.07, 6.45) is 0. The van der Waals surface area contributed by atoms with Gasteiger partial charge < -0.3 is 4.42 Å². The van der Waals surface area contributed by atoms with Gasteiger partial charge in [-0.25, -0.2) is 15.0 Å². The van der Waals surface area contributed by atoms with Crippen LogP contribution in [-0.2, 0) is 0 Å². The van der Waals surface area contributed by atoms with E-state index < -0.39 is 0 Å². The SMILES string of the molecule is c1ccc(-c2ccc(-c3nc(-c4cccc(-c5cccc(-c6cccc(-c7cc(-c8ccccc8)cc(-c8nc(-c9ccc(-c%10ccccc%10)cc9)nc9sc%10ccccc%10c89)c7)c6)c5)c4)c4c(n3)oc3ccccc34)cc2)cc1. The highest BCUT2D eigenvalue weighted by Gasteiger charge is 2.21. The number of hydrogen-bond donors (Lipinski definition) is 0. The summed E-state index contributed by atoms with van der Waals surface area (Å²) in [6, 6.07) is 98.6. The smallest absolute Gasteiger partial charge is 0.231 e. The molecular weight excluding hydrogens is 993 g/mol. The minimum atomic E-state index is 0.562. The monoisotopic (exact) mass is 1040 g/mol. The summed E-state index contributed by atoms with van der Waals surface area (Å²) >= 11 is 1.72. The van der Waals surface area contributed by atoms with E-state index in [2.05, 4.69) is 249 Å². The molecule has 15 rings (SSSR count). The predicted octanol–water partition coefficient (Wildman–Crippen LogP) is 20.2. The van der Waals surface area contributed by atoms with E-state index in [0.29, 0.717) is 17.4 Å². The van der Waals surface area contributed by atoms with E-state index in [4.69, 9.17) is 24.4 Å². The molecule has 0 spiro atoms. The Morgan fingerprint density at radius 1 is 0.250 bits per heavy atom. The summed E-state index contributed by atoms with van der Waals surface area (Å²) in [5, 5.41) is 4.10. The lowest BCUT2D eigenvalue weighted by Gasteiger charge is -2.14. The summed E-state index contributed by atoms with van der Waals surface area (Å²) in [5.74, 6) is 1.31. The molecule has 0 N–H and O–H groups in total. The maximum Gasteiger partial charge on any atom is 0.231 e. The molecular formula is C74H46N4OS. The molecule has 0 unspecified atom stereocenters. The first-order valence-corrected chi connectivity index (χ1v) is 27.6. The lowest BCUT2D eigenvalue weighted by Crippen LogP contribution is -1.95. The highest BCUT2D eigenvalue weighted by molar-refractivity contribution is 7.25. The van der Waals surface area contributed by atoms with Gasteiger partial charge in [0.05, 0.1) is 16.8 Å². The second-order valence-electron chi connectivity index (χ2n) is 20.1. The van der Waals surface area contributed by atoms with Crippen LogP contribution in [0, 0.1) is 0 Å². The summed E-state index contributed by atoms with van der Waals surface area (Å²) < 4.78 is 7.64. The van der Waals surface area contributed by atoms with Crippen LogP contribution in [0.1, 0.15) is 0 Å². The Hall–Kier alpha value is -10.4. The maximum absolute atomic E-state index is 6.46. The Morgan fingerprint density at radius 3 is 1.20 bits per heavy atom. The third-order valence-corrected chi connectivity index (χ3v) is 16.2. The number of thiophene rings is 1. The molecule has 6 heteroatoms. The van der Waals surface area contributed by atoms with Crippen molar-refractivity contribution in [1.82, 2.24) is 19.9 Å². The van der Waals surface area contributed by atoms with E-state index in [1.54, 1.807) is 11.3 Å². The topological polar surface area (TPSA) is 64.7 Å². The zero-order valence-electron chi connectivity index (χ0n) is 43.2. The number of para-hydroxylation sites is 1. The predicted molar refractivity (Wildman–Crippen MR) is 332 cm³/mol. The van der Waals surface area contributed by atoms with Gasteiger partial charge in [-0.15, -0.1) is 11.3 Å². The number of furan rings is 1. The molecule has 4 aromatic heterocycles. The lowest BCUT2D eigenvalue weighted by molar-refractivity contribution is 0.653. The van der Waals surface area contributed by atoms with Crippen LogP contribution in [0.3, 0.4) is 0 Å². The van der Waals surface area contributed by atoms with Crippen molar-refractivity contribution in [3.8, 4) is 112 Å². The third kappa shape index (κ3) is 8.70. The second kappa shape index (κ2) is 19.9. The highest BCUT2D eigenvalue weighted by Crippen LogP contribution is 2.43. The van der Waals surface area contributed by atoms with E-state index >= 15 is 0 Å². The minimum Gasteiger partial charge on any atom is -0.438 e. The van der Waals surface area contributed by atoms with Gasteiger partial charge in [0.25, 0.3) is 0 Å².